The van der Waals surface area contributed by atoms with E-state index in [0.717, 1.165) is 18.3 Å². The smallest absolute Gasteiger partial charge is 0.282 e. The Morgan fingerprint density at radius 3 is 2.34 bits per heavy atom. The highest BCUT2D eigenvalue weighted by Gasteiger charge is 2.34. The summed E-state index contributed by atoms with van der Waals surface area (Å²) >= 11 is 4.33. The fourth-order valence-corrected chi connectivity index (χ4v) is 5.32. The minimum absolute atomic E-state index is 0.0667. The largest absolute Gasteiger partial charge is 0.487 e. The molecular formula is C24H15I2N3O3. The Bertz CT molecular complexity index is 1260. The molecule has 0 spiro atoms. The number of rotatable bonds is 5. The zero-order chi connectivity index (χ0) is 22.7. The van der Waals surface area contributed by atoms with E-state index in [0.29, 0.717) is 17.0 Å². The van der Waals surface area contributed by atoms with Crippen molar-refractivity contribution in [2.24, 2.45) is 0 Å². The predicted octanol–water partition coefficient (Wildman–Crippen LogP) is 4.81. The van der Waals surface area contributed by atoms with Crippen LogP contribution in [0.2, 0.25) is 0 Å². The minimum atomic E-state index is -0.447. The summed E-state index contributed by atoms with van der Waals surface area (Å²) < 4.78 is 7.67. The molecule has 1 saturated heterocycles. The molecule has 6 nitrogen and oxygen atoms in total. The molecule has 1 N–H and O–H groups in total. The van der Waals surface area contributed by atoms with E-state index in [1.807, 2.05) is 36.4 Å². The van der Waals surface area contributed by atoms with Gasteiger partial charge < -0.3 is 4.74 Å². The van der Waals surface area contributed by atoms with E-state index in [2.05, 4.69) is 56.7 Å². The molecule has 0 bridgehead atoms. The third-order valence-corrected chi connectivity index (χ3v) is 6.35. The number of ether oxygens (including phenoxy) is 1. The van der Waals surface area contributed by atoms with Gasteiger partial charge in [-0.3, -0.25) is 15.0 Å². The molecule has 0 aromatic heterocycles. The standard InChI is InChI=1S/C24H15I2N3O3/c25-20-11-15(10-19-23(30)28-29(24(19)31)18-8-2-1-3-9-18)12-21(26)22(20)32-14-17-7-5-4-6-16(17)13-27/h1-12H,14H2,(H,28,30)/b19-10-. The molecule has 3 aromatic carbocycles. The van der Waals surface area contributed by atoms with Crippen molar-refractivity contribution >= 4 is 68.8 Å². The summed E-state index contributed by atoms with van der Waals surface area (Å²) in [4.78, 5) is 25.2. The Morgan fingerprint density at radius 1 is 1.00 bits per heavy atom. The highest BCUT2D eigenvalue weighted by Crippen LogP contribution is 2.31. The molecule has 1 heterocycles. The highest BCUT2D eigenvalue weighted by atomic mass is 127. The first kappa shape index (κ1) is 22.3. The third-order valence-electron chi connectivity index (χ3n) is 4.75. The number of para-hydroxylation sites is 1. The summed E-state index contributed by atoms with van der Waals surface area (Å²) in [6.07, 6.45) is 1.58. The molecule has 0 unspecified atom stereocenters. The van der Waals surface area contributed by atoms with Gasteiger partial charge in [-0.15, -0.1) is 0 Å². The highest BCUT2D eigenvalue weighted by molar-refractivity contribution is 14.1. The summed E-state index contributed by atoms with van der Waals surface area (Å²) in [6.45, 7) is 0.267. The molecule has 1 aliphatic rings. The van der Waals surface area contributed by atoms with Gasteiger partial charge >= 0.3 is 0 Å². The monoisotopic (exact) mass is 647 g/mol. The first-order valence-electron chi connectivity index (χ1n) is 9.50. The maximum Gasteiger partial charge on any atom is 0.282 e. The van der Waals surface area contributed by atoms with Crippen LogP contribution in [0.4, 0.5) is 5.69 Å². The van der Waals surface area contributed by atoms with Crippen LogP contribution in [0.15, 0.2) is 72.3 Å². The van der Waals surface area contributed by atoms with Gasteiger partial charge in [0.1, 0.15) is 17.9 Å². The molecule has 0 atom stereocenters. The van der Waals surface area contributed by atoms with Gasteiger partial charge in [-0.05, 0) is 87.2 Å². The number of hydrogen-bond acceptors (Lipinski definition) is 4. The van der Waals surface area contributed by atoms with E-state index < -0.39 is 11.8 Å². The van der Waals surface area contributed by atoms with E-state index in [1.165, 1.54) is 5.01 Å². The van der Waals surface area contributed by atoms with E-state index in [9.17, 15) is 14.9 Å². The van der Waals surface area contributed by atoms with Crippen molar-refractivity contribution in [1.82, 2.24) is 5.43 Å². The van der Waals surface area contributed by atoms with Gasteiger partial charge in [0.15, 0.2) is 0 Å². The molecule has 1 aliphatic heterocycles. The molecule has 1 fully saturated rings. The fraction of sp³-hybridized carbons (Fsp3) is 0.0417. The summed E-state index contributed by atoms with van der Waals surface area (Å²) in [7, 11) is 0. The van der Waals surface area contributed by atoms with Crippen LogP contribution in [0, 0.1) is 18.5 Å². The average Bonchev–Trinajstić information content (AvgIpc) is 3.07. The molecule has 0 saturated carbocycles. The van der Waals surface area contributed by atoms with Crippen LogP contribution in [0.1, 0.15) is 16.7 Å². The van der Waals surface area contributed by atoms with Gasteiger partial charge in [-0.2, -0.15) is 5.26 Å². The molecule has 0 aliphatic carbocycles. The fourth-order valence-electron chi connectivity index (χ4n) is 3.19. The van der Waals surface area contributed by atoms with E-state index in [4.69, 9.17) is 4.74 Å². The van der Waals surface area contributed by atoms with Crippen LogP contribution in [-0.4, -0.2) is 11.8 Å². The maximum atomic E-state index is 12.8. The topological polar surface area (TPSA) is 82.4 Å². The van der Waals surface area contributed by atoms with Crippen LogP contribution in [-0.2, 0) is 16.2 Å². The number of carbonyl (C=O) groups is 2. The normalized spacial score (nSPS) is 14.4. The van der Waals surface area contributed by atoms with Gasteiger partial charge in [-0.25, -0.2) is 5.01 Å². The molecule has 4 rings (SSSR count). The Morgan fingerprint density at radius 2 is 1.66 bits per heavy atom. The molecule has 8 heteroatoms. The Kier molecular flexibility index (Phi) is 6.76. The van der Waals surface area contributed by atoms with Crippen molar-refractivity contribution in [3.63, 3.8) is 0 Å². The number of nitrogens with zero attached hydrogens (tertiary/aromatic N) is 2. The molecule has 2 amide bonds. The second-order valence-electron chi connectivity index (χ2n) is 6.85. The molecule has 3 aromatic rings. The lowest BCUT2D eigenvalue weighted by Gasteiger charge is -2.14. The van der Waals surface area contributed by atoms with Crippen LogP contribution >= 0.6 is 45.2 Å². The number of amides is 2. The lowest BCUT2D eigenvalue weighted by atomic mass is 10.1. The number of benzene rings is 3. The van der Waals surface area contributed by atoms with E-state index in [-0.39, 0.29) is 12.2 Å². The minimum Gasteiger partial charge on any atom is -0.487 e. The number of halogens is 2. The number of nitrogens with one attached hydrogen (secondary N) is 1. The Hall–Kier alpha value is -2.91. The average molecular weight is 647 g/mol. The molecule has 32 heavy (non-hydrogen) atoms. The third kappa shape index (κ3) is 4.63. The number of nitriles is 1. The zero-order valence-electron chi connectivity index (χ0n) is 16.5. The first-order chi connectivity index (χ1) is 15.5. The number of hydrogen-bond donors (Lipinski definition) is 1. The van der Waals surface area contributed by atoms with Gasteiger partial charge in [0.05, 0.1) is 24.5 Å². The van der Waals surface area contributed by atoms with Crippen molar-refractivity contribution in [1.29, 1.82) is 5.26 Å². The van der Waals surface area contributed by atoms with Gasteiger partial charge in [0.2, 0.25) is 0 Å². The lowest BCUT2D eigenvalue weighted by Crippen LogP contribution is -2.35. The number of carbonyl (C=O) groups excluding carboxylic acids is 2. The van der Waals surface area contributed by atoms with Crippen molar-refractivity contribution < 1.29 is 14.3 Å². The van der Waals surface area contributed by atoms with E-state index in [1.54, 1.807) is 36.4 Å². The first-order valence-corrected chi connectivity index (χ1v) is 11.7. The molecule has 158 valence electrons. The Balaban J connectivity index is 1.57. The van der Waals surface area contributed by atoms with Crippen molar-refractivity contribution in [2.75, 3.05) is 5.01 Å². The van der Waals surface area contributed by atoms with Crippen molar-refractivity contribution in [3.05, 3.63) is 96.1 Å². The molecular weight excluding hydrogens is 632 g/mol. The second kappa shape index (κ2) is 9.70. The van der Waals surface area contributed by atoms with Gasteiger partial charge in [-0.1, -0.05) is 36.4 Å². The summed E-state index contributed by atoms with van der Waals surface area (Å²) in [5, 5.41) is 10.5. The van der Waals surface area contributed by atoms with Crippen molar-refractivity contribution in [3.8, 4) is 11.8 Å². The lowest BCUT2D eigenvalue weighted by molar-refractivity contribution is -0.117. The molecule has 0 radical (unpaired) electrons. The summed E-state index contributed by atoms with van der Waals surface area (Å²) in [6, 6.07) is 22.1. The van der Waals surface area contributed by atoms with Crippen molar-refractivity contribution in [2.45, 2.75) is 6.61 Å². The van der Waals surface area contributed by atoms with Gasteiger partial charge in [0, 0.05) is 5.56 Å². The Labute approximate surface area is 212 Å². The quantitative estimate of drug-likeness (QED) is 0.245. The number of hydrazine groups is 1. The van der Waals surface area contributed by atoms with Crippen LogP contribution < -0.4 is 15.2 Å². The second-order valence-corrected chi connectivity index (χ2v) is 9.17. The number of anilines is 1. The predicted molar refractivity (Wildman–Crippen MR) is 137 cm³/mol. The zero-order valence-corrected chi connectivity index (χ0v) is 20.8. The van der Waals surface area contributed by atoms with Crippen LogP contribution in [0.25, 0.3) is 6.08 Å². The summed E-state index contributed by atoms with van der Waals surface area (Å²) in [5.41, 5.74) is 5.37. The maximum absolute atomic E-state index is 12.8. The van der Waals surface area contributed by atoms with E-state index >= 15 is 0 Å². The van der Waals surface area contributed by atoms with Gasteiger partial charge in [0.25, 0.3) is 11.8 Å². The van der Waals surface area contributed by atoms with Crippen LogP contribution in [0.3, 0.4) is 0 Å². The van der Waals surface area contributed by atoms with Crippen LogP contribution in [0.5, 0.6) is 5.75 Å². The summed E-state index contributed by atoms with van der Waals surface area (Å²) in [5.74, 6) is -0.161. The SMILES string of the molecule is N#Cc1ccccc1COc1c(I)cc(/C=C2/C(=O)NN(c3ccccc3)C2=O)cc1I.